The van der Waals surface area contributed by atoms with Crippen LogP contribution < -0.4 is 10.6 Å². The second kappa shape index (κ2) is 10.3. The molecule has 1 saturated heterocycles. The second-order valence-corrected chi connectivity index (χ2v) is 10.1. The fraction of sp³-hybridized carbons (Fsp3) is 0.400. The molecule has 0 radical (unpaired) electrons. The number of pyridine rings is 1. The zero-order valence-corrected chi connectivity index (χ0v) is 20.5. The van der Waals surface area contributed by atoms with E-state index in [1.54, 1.807) is 6.20 Å². The first-order valence-electron chi connectivity index (χ1n) is 12.8. The average Bonchev–Trinajstić information content (AvgIpc) is 3.70. The molecular formula is C30H35N3O2. The number of nitrogens with zero attached hydrogens (tertiary/aromatic N) is 2. The molecule has 2 heterocycles. The summed E-state index contributed by atoms with van der Waals surface area (Å²) in [6.07, 6.45) is 6.41. The van der Waals surface area contributed by atoms with E-state index in [1.165, 1.54) is 11.1 Å². The molecular weight excluding hydrogens is 434 g/mol. The molecule has 2 N–H and O–H groups in total. The second-order valence-electron chi connectivity index (χ2n) is 10.1. The van der Waals surface area contributed by atoms with Crippen molar-refractivity contribution in [2.75, 3.05) is 24.7 Å². The lowest BCUT2D eigenvalue weighted by Crippen LogP contribution is -2.55. The molecule has 5 rings (SSSR count). The Labute approximate surface area is 208 Å². The van der Waals surface area contributed by atoms with Crippen molar-refractivity contribution >= 4 is 11.6 Å². The number of hydrogen-bond donors (Lipinski definition) is 1. The minimum Gasteiger partial charge on any atom is -0.381 e. The molecule has 1 amide bonds. The van der Waals surface area contributed by atoms with E-state index in [4.69, 9.17) is 10.5 Å². The van der Waals surface area contributed by atoms with Gasteiger partial charge in [-0.25, -0.2) is 0 Å². The van der Waals surface area contributed by atoms with Gasteiger partial charge in [0.15, 0.2) is 0 Å². The summed E-state index contributed by atoms with van der Waals surface area (Å²) < 4.78 is 5.54. The van der Waals surface area contributed by atoms with Gasteiger partial charge in [0.25, 0.3) is 0 Å². The first-order valence-corrected chi connectivity index (χ1v) is 12.8. The van der Waals surface area contributed by atoms with Crippen molar-refractivity contribution in [2.24, 2.45) is 11.7 Å². The monoisotopic (exact) mass is 469 g/mol. The molecule has 1 aliphatic carbocycles. The number of benzene rings is 2. The van der Waals surface area contributed by atoms with Crippen LogP contribution in [0.3, 0.4) is 0 Å². The van der Waals surface area contributed by atoms with Gasteiger partial charge in [0, 0.05) is 54.7 Å². The Morgan fingerprint density at radius 1 is 1.03 bits per heavy atom. The van der Waals surface area contributed by atoms with E-state index >= 15 is 0 Å². The highest BCUT2D eigenvalue weighted by molar-refractivity contribution is 5.98. The van der Waals surface area contributed by atoms with Gasteiger partial charge in [-0.1, -0.05) is 55.8 Å². The molecule has 0 spiro atoms. The lowest BCUT2D eigenvalue weighted by molar-refractivity contribution is -0.120. The first-order chi connectivity index (χ1) is 17.1. The third-order valence-corrected chi connectivity index (χ3v) is 7.41. The van der Waals surface area contributed by atoms with Crippen LogP contribution in [0, 0.1) is 5.92 Å². The summed E-state index contributed by atoms with van der Waals surface area (Å²) in [4.78, 5) is 20.2. The number of aromatic nitrogens is 1. The predicted molar refractivity (Wildman–Crippen MR) is 140 cm³/mol. The molecule has 2 atom stereocenters. The van der Waals surface area contributed by atoms with Gasteiger partial charge >= 0.3 is 0 Å². The topological polar surface area (TPSA) is 68.4 Å². The van der Waals surface area contributed by atoms with Crippen LogP contribution in [0.5, 0.6) is 0 Å². The Morgan fingerprint density at radius 3 is 2.34 bits per heavy atom. The largest absolute Gasteiger partial charge is 0.381 e. The van der Waals surface area contributed by atoms with E-state index in [0.717, 1.165) is 49.0 Å². The van der Waals surface area contributed by atoms with Crippen molar-refractivity contribution < 1.29 is 9.53 Å². The van der Waals surface area contributed by atoms with Gasteiger partial charge in [-0.15, -0.1) is 0 Å². The summed E-state index contributed by atoms with van der Waals surface area (Å²) in [5.74, 6) is 0.295. The normalized spacial score (nSPS) is 20.9. The molecule has 35 heavy (non-hydrogen) atoms. The molecule has 5 nitrogen and oxygen atoms in total. The van der Waals surface area contributed by atoms with Crippen molar-refractivity contribution in [1.29, 1.82) is 0 Å². The molecule has 0 unspecified atom stereocenters. The number of ether oxygens (including phenoxy) is 1. The van der Waals surface area contributed by atoms with Gasteiger partial charge in [-0.2, -0.15) is 0 Å². The lowest BCUT2D eigenvalue weighted by atomic mass is 9.90. The first kappa shape index (κ1) is 23.7. The van der Waals surface area contributed by atoms with E-state index in [2.05, 4.69) is 60.4 Å². The molecule has 2 aromatic carbocycles. The molecule has 1 aromatic heterocycles. The van der Waals surface area contributed by atoms with Gasteiger partial charge < -0.3 is 15.4 Å². The van der Waals surface area contributed by atoms with E-state index in [-0.39, 0.29) is 17.7 Å². The third-order valence-electron chi connectivity index (χ3n) is 7.41. The molecule has 2 fully saturated rings. The maximum absolute atomic E-state index is 13.8. The molecule has 5 heteroatoms. The maximum Gasteiger partial charge on any atom is 0.230 e. The van der Waals surface area contributed by atoms with Gasteiger partial charge in [0.1, 0.15) is 0 Å². The van der Waals surface area contributed by atoms with Crippen LogP contribution in [0.15, 0.2) is 72.9 Å². The molecule has 3 aromatic rings. The Hall–Kier alpha value is -3.02. The number of nitrogens with two attached hydrogens (primary N) is 1. The van der Waals surface area contributed by atoms with Crippen LogP contribution >= 0.6 is 0 Å². The molecule has 2 aliphatic rings. The Bertz CT molecular complexity index is 1120. The van der Waals surface area contributed by atoms with E-state index in [1.807, 2.05) is 23.1 Å². The standard InChI is InChI=1S/C30H35N3O2/c1-2-5-22-7-9-23(10-8-22)24-11-13-25(14-12-24)33(21-30(31)15-18-35-19-16-30)29(34)27-20-26(27)28-6-3-4-17-32-28/h3-4,6-14,17,26-27H,2,5,15-16,18-21,31H2,1H3/t26-,27-/m1/s1. The summed E-state index contributed by atoms with van der Waals surface area (Å²) >= 11 is 0. The summed E-state index contributed by atoms with van der Waals surface area (Å²) in [6.45, 7) is 3.99. The number of anilines is 1. The number of aryl methyl sites for hydroxylation is 1. The highest BCUT2D eigenvalue weighted by Crippen LogP contribution is 2.48. The van der Waals surface area contributed by atoms with Crippen LogP contribution in [0.2, 0.25) is 0 Å². The van der Waals surface area contributed by atoms with Crippen molar-refractivity contribution in [3.05, 3.63) is 84.2 Å². The fourth-order valence-corrected chi connectivity index (χ4v) is 5.12. The minimum atomic E-state index is -0.433. The molecule has 1 aliphatic heterocycles. The smallest absolute Gasteiger partial charge is 0.230 e. The number of amides is 1. The summed E-state index contributed by atoms with van der Waals surface area (Å²) in [5.41, 5.74) is 11.9. The highest BCUT2D eigenvalue weighted by Gasteiger charge is 2.48. The maximum atomic E-state index is 13.8. The van der Waals surface area contributed by atoms with Gasteiger partial charge in [0.2, 0.25) is 5.91 Å². The van der Waals surface area contributed by atoms with Crippen LogP contribution in [0.4, 0.5) is 5.69 Å². The van der Waals surface area contributed by atoms with Gasteiger partial charge in [0.05, 0.1) is 0 Å². The van der Waals surface area contributed by atoms with Gasteiger partial charge in [-0.3, -0.25) is 9.78 Å². The van der Waals surface area contributed by atoms with Crippen molar-refractivity contribution in [1.82, 2.24) is 4.98 Å². The Kier molecular flexibility index (Phi) is 6.98. The van der Waals surface area contributed by atoms with Crippen LogP contribution in [0.25, 0.3) is 11.1 Å². The van der Waals surface area contributed by atoms with E-state index in [0.29, 0.717) is 19.8 Å². The minimum absolute atomic E-state index is 0.0425. The third kappa shape index (κ3) is 5.47. The van der Waals surface area contributed by atoms with Crippen molar-refractivity contribution in [3.8, 4) is 11.1 Å². The van der Waals surface area contributed by atoms with E-state index < -0.39 is 5.54 Å². The van der Waals surface area contributed by atoms with Crippen molar-refractivity contribution in [3.63, 3.8) is 0 Å². The SMILES string of the molecule is CCCc1ccc(-c2ccc(N(CC3(N)CCOCC3)C(=O)[C@@H]3C[C@H]3c3ccccn3)cc2)cc1. The Morgan fingerprint density at radius 2 is 1.71 bits per heavy atom. The number of hydrogen-bond acceptors (Lipinski definition) is 4. The van der Waals surface area contributed by atoms with E-state index in [9.17, 15) is 4.79 Å². The molecule has 1 saturated carbocycles. The number of carbonyl (C=O) groups is 1. The molecule has 0 bridgehead atoms. The number of rotatable bonds is 8. The highest BCUT2D eigenvalue weighted by atomic mass is 16.5. The zero-order valence-electron chi connectivity index (χ0n) is 20.5. The van der Waals surface area contributed by atoms with Crippen molar-refractivity contribution in [2.45, 2.75) is 50.5 Å². The molecule has 182 valence electrons. The fourth-order valence-electron chi connectivity index (χ4n) is 5.12. The number of carbonyl (C=O) groups excluding carboxylic acids is 1. The van der Waals surface area contributed by atoms with Crippen LogP contribution in [0.1, 0.15) is 49.8 Å². The van der Waals surface area contributed by atoms with Gasteiger partial charge in [-0.05, 0) is 66.6 Å². The van der Waals surface area contributed by atoms with Crippen LogP contribution in [-0.2, 0) is 16.0 Å². The lowest BCUT2D eigenvalue weighted by Gasteiger charge is -2.38. The predicted octanol–water partition coefficient (Wildman–Crippen LogP) is 5.35. The average molecular weight is 470 g/mol. The van der Waals surface area contributed by atoms with Crippen LogP contribution in [-0.4, -0.2) is 36.2 Å². The summed E-state index contributed by atoms with van der Waals surface area (Å²) in [7, 11) is 0. The summed E-state index contributed by atoms with van der Waals surface area (Å²) in [5, 5.41) is 0. The summed E-state index contributed by atoms with van der Waals surface area (Å²) in [6, 6.07) is 23.0. The Balaban J connectivity index is 1.37. The quantitative estimate of drug-likeness (QED) is 0.483. The zero-order chi connectivity index (χ0) is 24.3.